The molecule has 0 aromatic rings. The topological polar surface area (TPSA) is 32.5 Å². The molecule has 0 aromatic heterocycles. The Morgan fingerprint density at radius 2 is 1.63 bits per heavy atom. The lowest BCUT2D eigenvalue weighted by molar-refractivity contribution is 0.115. The molecule has 3 nitrogen and oxygen atoms in total. The molecule has 0 bridgehead atoms. The molecule has 2 fully saturated rings. The van der Waals surface area contributed by atoms with Gasteiger partial charge in [0.25, 0.3) is 0 Å². The highest BCUT2D eigenvalue weighted by Gasteiger charge is 2.26. The molecule has 1 saturated carbocycles. The average Bonchev–Trinajstić information content (AvgIpc) is 3.15. The van der Waals surface area contributed by atoms with E-state index in [0.29, 0.717) is 6.04 Å². The van der Waals surface area contributed by atoms with Crippen LogP contribution < -0.4 is 5.73 Å². The molecule has 3 heteroatoms. The number of rotatable bonds is 8. The van der Waals surface area contributed by atoms with Crippen LogP contribution in [0.25, 0.3) is 0 Å². The van der Waals surface area contributed by atoms with Gasteiger partial charge in [-0.05, 0) is 44.4 Å². The van der Waals surface area contributed by atoms with E-state index in [9.17, 15) is 0 Å². The molecule has 1 aliphatic heterocycles. The highest BCUT2D eigenvalue weighted by Crippen LogP contribution is 2.29. The van der Waals surface area contributed by atoms with Gasteiger partial charge >= 0.3 is 0 Å². The maximum absolute atomic E-state index is 5.81. The van der Waals surface area contributed by atoms with Crippen molar-refractivity contribution in [3.05, 3.63) is 0 Å². The van der Waals surface area contributed by atoms with Gasteiger partial charge in [0, 0.05) is 45.3 Å². The summed E-state index contributed by atoms with van der Waals surface area (Å²) in [6.45, 7) is 12.3. The van der Waals surface area contributed by atoms with Gasteiger partial charge in [-0.25, -0.2) is 0 Å². The van der Waals surface area contributed by atoms with Gasteiger partial charge < -0.3 is 15.5 Å². The zero-order valence-electron chi connectivity index (χ0n) is 13.0. The maximum Gasteiger partial charge on any atom is 0.0110 e. The Balaban J connectivity index is 1.53. The van der Waals surface area contributed by atoms with Crippen molar-refractivity contribution in [3.63, 3.8) is 0 Å². The van der Waals surface area contributed by atoms with Crippen LogP contribution in [-0.4, -0.2) is 55.1 Å². The molecule has 1 saturated heterocycles. The van der Waals surface area contributed by atoms with Gasteiger partial charge in [0.15, 0.2) is 0 Å². The number of nitrogens with zero attached hydrogens (tertiary/aromatic N) is 2. The van der Waals surface area contributed by atoms with Gasteiger partial charge in [0.2, 0.25) is 0 Å². The van der Waals surface area contributed by atoms with Gasteiger partial charge in [0.1, 0.15) is 0 Å². The Morgan fingerprint density at radius 1 is 1.00 bits per heavy atom. The van der Waals surface area contributed by atoms with Gasteiger partial charge in [-0.3, -0.25) is 0 Å². The summed E-state index contributed by atoms with van der Waals surface area (Å²) >= 11 is 0. The average molecular weight is 267 g/mol. The molecule has 1 aliphatic carbocycles. The Hall–Kier alpha value is -0.120. The van der Waals surface area contributed by atoms with E-state index < -0.39 is 0 Å². The second-order valence-corrected chi connectivity index (χ2v) is 7.06. The van der Waals surface area contributed by atoms with E-state index in [-0.39, 0.29) is 0 Å². The quantitative estimate of drug-likeness (QED) is 0.731. The first kappa shape index (κ1) is 15.3. The summed E-state index contributed by atoms with van der Waals surface area (Å²) in [5.41, 5.74) is 5.81. The van der Waals surface area contributed by atoms with Crippen molar-refractivity contribution in [1.82, 2.24) is 9.80 Å². The third-order valence-electron chi connectivity index (χ3n) is 4.60. The third-order valence-corrected chi connectivity index (χ3v) is 4.60. The van der Waals surface area contributed by atoms with Crippen LogP contribution in [0.15, 0.2) is 0 Å². The highest BCUT2D eigenvalue weighted by atomic mass is 15.3. The zero-order chi connectivity index (χ0) is 13.7. The Morgan fingerprint density at radius 3 is 2.21 bits per heavy atom. The lowest BCUT2D eigenvalue weighted by Crippen LogP contribution is -2.48. The van der Waals surface area contributed by atoms with Crippen molar-refractivity contribution >= 4 is 0 Å². The number of piperazine rings is 1. The molecular weight excluding hydrogens is 234 g/mol. The molecule has 0 amide bonds. The molecule has 2 N–H and O–H groups in total. The molecule has 2 rings (SSSR count). The number of hydrogen-bond donors (Lipinski definition) is 1. The van der Waals surface area contributed by atoms with Crippen LogP contribution in [0, 0.1) is 11.8 Å². The van der Waals surface area contributed by atoms with E-state index in [1.165, 1.54) is 71.4 Å². The molecule has 0 spiro atoms. The predicted molar refractivity (Wildman–Crippen MR) is 82.3 cm³/mol. The van der Waals surface area contributed by atoms with Crippen LogP contribution >= 0.6 is 0 Å². The van der Waals surface area contributed by atoms with Gasteiger partial charge in [0.05, 0.1) is 0 Å². The van der Waals surface area contributed by atoms with Gasteiger partial charge in [-0.15, -0.1) is 0 Å². The second kappa shape index (κ2) is 7.61. The zero-order valence-corrected chi connectivity index (χ0v) is 13.0. The summed E-state index contributed by atoms with van der Waals surface area (Å²) in [6, 6.07) is 0.373. The van der Waals surface area contributed by atoms with Crippen molar-refractivity contribution in [1.29, 1.82) is 0 Å². The summed E-state index contributed by atoms with van der Waals surface area (Å²) in [5, 5.41) is 0. The number of hydrogen-bond acceptors (Lipinski definition) is 3. The summed E-state index contributed by atoms with van der Waals surface area (Å²) in [7, 11) is 0. The fraction of sp³-hybridized carbons (Fsp3) is 1.00. The summed E-state index contributed by atoms with van der Waals surface area (Å²) in [6.07, 6.45) is 6.78. The first-order valence-corrected chi connectivity index (χ1v) is 8.33. The minimum atomic E-state index is 0.373. The van der Waals surface area contributed by atoms with Crippen LogP contribution in [0.2, 0.25) is 0 Å². The van der Waals surface area contributed by atoms with E-state index >= 15 is 0 Å². The number of nitrogens with two attached hydrogens (primary N) is 1. The predicted octanol–water partition coefficient (Wildman–Crippen LogP) is 2.17. The largest absolute Gasteiger partial charge is 0.328 e. The summed E-state index contributed by atoms with van der Waals surface area (Å²) in [5.74, 6) is 1.87. The minimum absolute atomic E-state index is 0.373. The van der Waals surface area contributed by atoms with Crippen LogP contribution in [0.3, 0.4) is 0 Å². The molecule has 2 aliphatic rings. The minimum Gasteiger partial charge on any atom is -0.328 e. The normalized spacial score (nSPS) is 25.4. The standard InChI is InChI=1S/C16H33N3/c1-14(4-3-5-15(2)17)12-18-8-10-19(11-9-18)13-16-6-7-16/h14-16H,3-13,17H2,1-2H3. The maximum atomic E-state index is 5.81. The highest BCUT2D eigenvalue weighted by molar-refractivity contribution is 4.81. The molecular formula is C16H33N3. The third kappa shape index (κ3) is 6.24. The molecule has 112 valence electrons. The molecule has 2 unspecified atom stereocenters. The van der Waals surface area contributed by atoms with E-state index in [4.69, 9.17) is 5.73 Å². The van der Waals surface area contributed by atoms with Crippen molar-refractivity contribution in [2.75, 3.05) is 39.3 Å². The lowest BCUT2D eigenvalue weighted by atomic mass is 10.0. The van der Waals surface area contributed by atoms with Crippen molar-refractivity contribution in [2.24, 2.45) is 17.6 Å². The smallest absolute Gasteiger partial charge is 0.0110 e. The summed E-state index contributed by atoms with van der Waals surface area (Å²) < 4.78 is 0. The first-order valence-electron chi connectivity index (χ1n) is 8.33. The first-order chi connectivity index (χ1) is 9.13. The monoisotopic (exact) mass is 267 g/mol. The van der Waals surface area contributed by atoms with E-state index in [1.807, 2.05) is 0 Å². The molecule has 0 aromatic carbocycles. The molecule has 19 heavy (non-hydrogen) atoms. The Labute approximate surface area is 119 Å². The van der Waals surface area contributed by atoms with Crippen molar-refractivity contribution in [2.45, 2.75) is 52.0 Å². The fourth-order valence-corrected chi connectivity index (χ4v) is 3.14. The Kier molecular flexibility index (Phi) is 6.11. The van der Waals surface area contributed by atoms with E-state index in [0.717, 1.165) is 11.8 Å². The fourth-order valence-electron chi connectivity index (χ4n) is 3.14. The lowest BCUT2D eigenvalue weighted by Gasteiger charge is -2.36. The SMILES string of the molecule is CC(N)CCCC(C)CN1CCN(CC2CC2)CC1. The Bertz CT molecular complexity index is 242. The van der Waals surface area contributed by atoms with Crippen molar-refractivity contribution in [3.8, 4) is 0 Å². The molecule has 2 atom stereocenters. The summed E-state index contributed by atoms with van der Waals surface area (Å²) in [4.78, 5) is 5.34. The van der Waals surface area contributed by atoms with Gasteiger partial charge in [-0.1, -0.05) is 13.3 Å². The van der Waals surface area contributed by atoms with Gasteiger partial charge in [-0.2, -0.15) is 0 Å². The van der Waals surface area contributed by atoms with Crippen LogP contribution in [0.5, 0.6) is 0 Å². The van der Waals surface area contributed by atoms with E-state index in [1.54, 1.807) is 0 Å². The van der Waals surface area contributed by atoms with Crippen molar-refractivity contribution < 1.29 is 0 Å². The van der Waals surface area contributed by atoms with E-state index in [2.05, 4.69) is 23.6 Å². The van der Waals surface area contributed by atoms with Crippen LogP contribution in [0.4, 0.5) is 0 Å². The molecule has 0 radical (unpaired) electrons. The van der Waals surface area contributed by atoms with Crippen LogP contribution in [0.1, 0.15) is 46.0 Å². The molecule has 1 heterocycles. The second-order valence-electron chi connectivity index (χ2n) is 7.06. The van der Waals surface area contributed by atoms with Crippen LogP contribution in [-0.2, 0) is 0 Å².